The van der Waals surface area contributed by atoms with E-state index in [0.717, 1.165) is 38.2 Å². The van der Waals surface area contributed by atoms with Crippen LogP contribution in [0.3, 0.4) is 0 Å². The highest BCUT2D eigenvalue weighted by Gasteiger charge is 2.45. The molecule has 2 bridgehead atoms. The third-order valence-electron chi connectivity index (χ3n) is 6.55. The van der Waals surface area contributed by atoms with E-state index in [2.05, 4.69) is 21.4 Å². The number of hydrogen-bond acceptors (Lipinski definition) is 6. The molecule has 1 aromatic heterocycles. The number of carbonyl (C=O) groups excluding carboxylic acids is 1. The SMILES string of the molecule is Cc1noc(C)c1NC(=O)N(C)C1C2CCC1CN(CCOc1ccc(C#N)cc1)C2. The number of aromatic nitrogens is 1. The second-order valence-electron chi connectivity index (χ2n) is 8.57. The summed E-state index contributed by atoms with van der Waals surface area (Å²) in [7, 11) is 1.90. The van der Waals surface area contributed by atoms with Crippen LogP contribution >= 0.6 is 0 Å². The molecule has 2 fully saturated rings. The van der Waals surface area contributed by atoms with Crippen molar-refractivity contribution in [2.75, 3.05) is 38.6 Å². The minimum absolute atomic E-state index is 0.103. The molecule has 1 N–H and O–H groups in total. The molecule has 164 valence electrons. The van der Waals surface area contributed by atoms with Crippen molar-refractivity contribution in [1.29, 1.82) is 5.26 Å². The Balaban J connectivity index is 1.29. The molecule has 2 atom stereocenters. The highest BCUT2D eigenvalue weighted by atomic mass is 16.5. The van der Waals surface area contributed by atoms with Gasteiger partial charge in [0.2, 0.25) is 0 Å². The van der Waals surface area contributed by atoms with Gasteiger partial charge in [0.05, 0.1) is 11.6 Å². The van der Waals surface area contributed by atoms with E-state index in [1.54, 1.807) is 19.1 Å². The van der Waals surface area contributed by atoms with Crippen LogP contribution in [0.25, 0.3) is 0 Å². The fourth-order valence-corrected chi connectivity index (χ4v) is 5.02. The number of carbonyl (C=O) groups is 1. The van der Waals surface area contributed by atoms with Gasteiger partial charge in [-0.3, -0.25) is 4.90 Å². The summed E-state index contributed by atoms with van der Waals surface area (Å²) in [6, 6.07) is 9.46. The molecule has 31 heavy (non-hydrogen) atoms. The number of ether oxygens (including phenoxy) is 1. The van der Waals surface area contributed by atoms with Crippen molar-refractivity contribution < 1.29 is 14.1 Å². The number of nitrogens with zero attached hydrogens (tertiary/aromatic N) is 4. The average Bonchev–Trinajstić information content (AvgIpc) is 3.23. The molecular formula is C23H29N5O3. The Bertz CT molecular complexity index is 931. The molecule has 0 radical (unpaired) electrons. The molecule has 2 aromatic rings. The summed E-state index contributed by atoms with van der Waals surface area (Å²) in [5, 5.41) is 15.8. The monoisotopic (exact) mass is 423 g/mol. The lowest BCUT2D eigenvalue weighted by Crippen LogP contribution is -2.54. The van der Waals surface area contributed by atoms with Gasteiger partial charge in [-0.1, -0.05) is 5.16 Å². The first-order valence-corrected chi connectivity index (χ1v) is 10.8. The van der Waals surface area contributed by atoms with Crippen LogP contribution in [-0.4, -0.2) is 60.3 Å². The lowest BCUT2D eigenvalue weighted by atomic mass is 9.91. The van der Waals surface area contributed by atoms with Gasteiger partial charge >= 0.3 is 6.03 Å². The molecule has 2 amide bonds. The van der Waals surface area contributed by atoms with Gasteiger partial charge in [-0.25, -0.2) is 4.79 Å². The highest BCUT2D eigenvalue weighted by molar-refractivity contribution is 5.90. The number of benzene rings is 1. The molecular weight excluding hydrogens is 394 g/mol. The molecule has 1 saturated heterocycles. The van der Waals surface area contributed by atoms with Crippen molar-refractivity contribution in [2.24, 2.45) is 11.8 Å². The number of nitriles is 1. The van der Waals surface area contributed by atoms with Crippen molar-refractivity contribution in [1.82, 2.24) is 15.0 Å². The minimum Gasteiger partial charge on any atom is -0.492 e. The molecule has 2 heterocycles. The van der Waals surface area contributed by atoms with Crippen LogP contribution in [0, 0.1) is 37.0 Å². The zero-order valence-corrected chi connectivity index (χ0v) is 18.3. The van der Waals surface area contributed by atoms with Crippen LogP contribution in [0.2, 0.25) is 0 Å². The number of aryl methyl sites for hydroxylation is 2. The van der Waals surface area contributed by atoms with Crippen LogP contribution in [0.1, 0.15) is 29.9 Å². The first-order valence-electron chi connectivity index (χ1n) is 10.8. The number of anilines is 1. The van der Waals surface area contributed by atoms with E-state index in [4.69, 9.17) is 14.5 Å². The third-order valence-corrected chi connectivity index (χ3v) is 6.55. The number of likely N-dealkylation sites (tertiary alicyclic amines) is 1. The molecule has 1 aliphatic heterocycles. The molecule has 0 spiro atoms. The second kappa shape index (κ2) is 8.98. The lowest BCUT2D eigenvalue weighted by Gasteiger charge is -2.42. The maximum Gasteiger partial charge on any atom is 0.322 e. The second-order valence-corrected chi connectivity index (χ2v) is 8.57. The van der Waals surface area contributed by atoms with Crippen LogP contribution in [-0.2, 0) is 0 Å². The van der Waals surface area contributed by atoms with E-state index >= 15 is 0 Å². The van der Waals surface area contributed by atoms with E-state index in [1.807, 2.05) is 31.0 Å². The van der Waals surface area contributed by atoms with Crippen LogP contribution in [0.5, 0.6) is 5.75 Å². The van der Waals surface area contributed by atoms with Gasteiger partial charge in [0, 0.05) is 32.7 Å². The fraction of sp³-hybridized carbons (Fsp3) is 0.522. The van der Waals surface area contributed by atoms with Gasteiger partial charge in [-0.05, 0) is 62.8 Å². The van der Waals surface area contributed by atoms with E-state index in [0.29, 0.717) is 41.1 Å². The standard InChI is InChI=1S/C23H29N5O3/c1-15-21(16(2)31-26-15)25-23(29)27(3)22-18-6-7-19(22)14-28(13-18)10-11-30-20-8-4-17(12-24)5-9-20/h4-5,8-9,18-19,22H,6-7,10-11,13-14H2,1-3H3,(H,25,29). The van der Waals surface area contributed by atoms with Crippen LogP contribution in [0.15, 0.2) is 28.8 Å². The highest BCUT2D eigenvalue weighted by Crippen LogP contribution is 2.39. The first kappa shape index (κ1) is 21.2. The Morgan fingerprint density at radius 1 is 1.29 bits per heavy atom. The van der Waals surface area contributed by atoms with Gasteiger partial charge in [0.25, 0.3) is 0 Å². The smallest absolute Gasteiger partial charge is 0.322 e. The van der Waals surface area contributed by atoms with Gasteiger partial charge in [0.15, 0.2) is 5.76 Å². The Labute approximate surface area is 182 Å². The van der Waals surface area contributed by atoms with Crippen molar-refractivity contribution in [3.63, 3.8) is 0 Å². The van der Waals surface area contributed by atoms with E-state index < -0.39 is 0 Å². The summed E-state index contributed by atoms with van der Waals surface area (Å²) < 4.78 is 11.0. The molecule has 2 aliphatic rings. The fourth-order valence-electron chi connectivity index (χ4n) is 5.02. The minimum atomic E-state index is -0.103. The molecule has 8 heteroatoms. The Morgan fingerprint density at radius 2 is 1.97 bits per heavy atom. The summed E-state index contributed by atoms with van der Waals surface area (Å²) in [6.07, 6.45) is 2.29. The third kappa shape index (κ3) is 4.52. The number of fused-ring (bicyclic) bond motifs is 2. The predicted octanol–water partition coefficient (Wildman–Crippen LogP) is 3.42. The summed E-state index contributed by atoms with van der Waals surface area (Å²) in [5.41, 5.74) is 1.99. The van der Waals surface area contributed by atoms with Crippen molar-refractivity contribution in [3.05, 3.63) is 41.3 Å². The van der Waals surface area contributed by atoms with Gasteiger partial charge in [-0.2, -0.15) is 5.26 Å². The molecule has 1 aliphatic carbocycles. The zero-order chi connectivity index (χ0) is 22.0. The normalized spacial score (nSPS) is 22.7. The first-order chi connectivity index (χ1) is 15.0. The largest absolute Gasteiger partial charge is 0.492 e. The predicted molar refractivity (Wildman–Crippen MR) is 116 cm³/mol. The van der Waals surface area contributed by atoms with Crippen molar-refractivity contribution in [3.8, 4) is 11.8 Å². The maximum absolute atomic E-state index is 12.9. The van der Waals surface area contributed by atoms with Crippen LogP contribution in [0.4, 0.5) is 10.5 Å². The molecule has 4 rings (SSSR count). The Kier molecular flexibility index (Phi) is 6.14. The van der Waals surface area contributed by atoms with Crippen molar-refractivity contribution in [2.45, 2.75) is 32.7 Å². The topological polar surface area (TPSA) is 94.6 Å². The zero-order valence-electron chi connectivity index (χ0n) is 18.3. The maximum atomic E-state index is 12.9. The van der Waals surface area contributed by atoms with E-state index in [-0.39, 0.29) is 12.1 Å². The van der Waals surface area contributed by atoms with Crippen LogP contribution < -0.4 is 10.1 Å². The lowest BCUT2D eigenvalue weighted by molar-refractivity contribution is 0.0719. The Hall–Kier alpha value is -3.05. The summed E-state index contributed by atoms with van der Waals surface area (Å²) in [6.45, 7) is 7.04. The van der Waals surface area contributed by atoms with Gasteiger partial charge in [-0.15, -0.1) is 0 Å². The number of piperidine rings is 1. The number of hydrogen-bond donors (Lipinski definition) is 1. The van der Waals surface area contributed by atoms with E-state index in [1.165, 1.54) is 0 Å². The molecule has 2 unspecified atom stereocenters. The van der Waals surface area contributed by atoms with E-state index in [9.17, 15) is 4.79 Å². The summed E-state index contributed by atoms with van der Waals surface area (Å²) in [5.74, 6) is 2.34. The summed E-state index contributed by atoms with van der Waals surface area (Å²) in [4.78, 5) is 17.2. The number of nitrogens with one attached hydrogen (secondary N) is 1. The quantitative estimate of drug-likeness (QED) is 0.765. The van der Waals surface area contributed by atoms with Crippen molar-refractivity contribution >= 4 is 11.7 Å². The number of amides is 2. The summed E-state index contributed by atoms with van der Waals surface area (Å²) >= 11 is 0. The molecule has 1 saturated carbocycles. The number of rotatable bonds is 6. The average molecular weight is 424 g/mol. The Morgan fingerprint density at radius 3 is 2.55 bits per heavy atom. The van der Waals surface area contributed by atoms with Gasteiger partial charge < -0.3 is 19.5 Å². The molecule has 1 aromatic carbocycles. The molecule has 8 nitrogen and oxygen atoms in total. The number of urea groups is 1. The van der Waals surface area contributed by atoms with Gasteiger partial charge in [0.1, 0.15) is 23.7 Å².